The van der Waals surface area contributed by atoms with Crippen LogP contribution < -0.4 is 11.1 Å². The van der Waals surface area contributed by atoms with Crippen molar-refractivity contribution >= 4 is 28.7 Å². The Labute approximate surface area is 238 Å². The summed E-state index contributed by atoms with van der Waals surface area (Å²) in [5.74, 6) is 0. The number of rotatable bonds is 8. The van der Waals surface area contributed by atoms with E-state index in [1.54, 1.807) is 0 Å². The molecule has 0 saturated heterocycles. The van der Waals surface area contributed by atoms with Crippen molar-refractivity contribution in [2.75, 3.05) is 11.1 Å². The van der Waals surface area contributed by atoms with Gasteiger partial charge in [0.25, 0.3) is 0 Å². The molecule has 0 radical (unpaired) electrons. The van der Waals surface area contributed by atoms with Crippen LogP contribution in [0.3, 0.4) is 0 Å². The predicted molar refractivity (Wildman–Crippen MR) is 169 cm³/mol. The Balaban J connectivity index is 0.000000193. The van der Waals surface area contributed by atoms with E-state index < -0.39 is 0 Å². The van der Waals surface area contributed by atoms with Crippen molar-refractivity contribution in [2.45, 2.75) is 39.5 Å². The summed E-state index contributed by atoms with van der Waals surface area (Å²) < 4.78 is 0. The zero-order chi connectivity index (χ0) is 27.5. The second-order valence-corrected chi connectivity index (χ2v) is 10.3. The Morgan fingerprint density at radius 2 is 1.00 bits per heavy atom. The van der Waals surface area contributed by atoms with E-state index >= 15 is 0 Å². The maximum absolute atomic E-state index is 6.24. The van der Waals surface area contributed by atoms with Crippen LogP contribution in [0.15, 0.2) is 121 Å². The summed E-state index contributed by atoms with van der Waals surface area (Å²) in [6.45, 7) is 4.15. The first-order valence-electron chi connectivity index (χ1n) is 13.5. The third kappa shape index (κ3) is 8.77. The van der Waals surface area contributed by atoms with Crippen molar-refractivity contribution in [3.05, 3.63) is 160 Å². The van der Waals surface area contributed by atoms with Crippen molar-refractivity contribution in [3.63, 3.8) is 0 Å². The highest BCUT2D eigenvalue weighted by atomic mass is 35.5. The van der Waals surface area contributed by atoms with Crippen molar-refractivity contribution in [3.8, 4) is 0 Å². The first-order chi connectivity index (χ1) is 19.0. The molecule has 0 aromatic heterocycles. The number of hydrogen-bond acceptors (Lipinski definition) is 2. The lowest BCUT2D eigenvalue weighted by atomic mass is 10.0. The minimum Gasteiger partial charge on any atom is -0.399 e. The van der Waals surface area contributed by atoms with Crippen molar-refractivity contribution < 1.29 is 0 Å². The average Bonchev–Trinajstić information content (AvgIpc) is 2.97. The van der Waals surface area contributed by atoms with Gasteiger partial charge in [-0.25, -0.2) is 0 Å². The highest BCUT2D eigenvalue weighted by molar-refractivity contribution is 6.33. The summed E-state index contributed by atoms with van der Waals surface area (Å²) in [5.41, 5.74) is 16.6. The molecule has 0 aliphatic carbocycles. The van der Waals surface area contributed by atoms with Crippen molar-refractivity contribution in [1.29, 1.82) is 0 Å². The Morgan fingerprint density at radius 3 is 1.56 bits per heavy atom. The molecule has 198 valence electrons. The van der Waals surface area contributed by atoms with Crippen LogP contribution in [0.5, 0.6) is 0 Å². The molecule has 3 heteroatoms. The van der Waals surface area contributed by atoms with Gasteiger partial charge in [0.15, 0.2) is 0 Å². The highest BCUT2D eigenvalue weighted by Crippen LogP contribution is 2.27. The molecule has 0 amide bonds. The van der Waals surface area contributed by atoms with Gasteiger partial charge in [-0.15, -0.1) is 0 Å². The monoisotopic (exact) mass is 532 g/mol. The summed E-state index contributed by atoms with van der Waals surface area (Å²) in [6, 6.07) is 41.9. The number of nitrogens with two attached hydrogens (primary N) is 1. The third-order valence-electron chi connectivity index (χ3n) is 6.88. The molecule has 5 aromatic rings. The minimum atomic E-state index is 0.738. The van der Waals surface area contributed by atoms with Gasteiger partial charge in [-0.05, 0) is 97.2 Å². The topological polar surface area (TPSA) is 38.0 Å². The van der Waals surface area contributed by atoms with Crippen molar-refractivity contribution in [1.82, 2.24) is 0 Å². The first kappa shape index (κ1) is 28.0. The summed E-state index contributed by atoms with van der Waals surface area (Å²) in [7, 11) is 0. The molecule has 3 N–H and O–H groups in total. The van der Waals surface area contributed by atoms with E-state index in [1.165, 1.54) is 27.8 Å². The van der Waals surface area contributed by atoms with Gasteiger partial charge in [0.2, 0.25) is 0 Å². The van der Waals surface area contributed by atoms with Crippen LogP contribution in [0.25, 0.3) is 0 Å². The lowest BCUT2D eigenvalue weighted by Gasteiger charge is -2.13. The Morgan fingerprint density at radius 1 is 0.513 bits per heavy atom. The van der Waals surface area contributed by atoms with E-state index in [9.17, 15) is 0 Å². The van der Waals surface area contributed by atoms with Gasteiger partial charge >= 0.3 is 0 Å². The predicted octanol–water partition coefficient (Wildman–Crippen LogP) is 9.54. The fourth-order valence-corrected chi connectivity index (χ4v) is 4.56. The molecule has 0 bridgehead atoms. The quantitative estimate of drug-likeness (QED) is 0.195. The maximum Gasteiger partial charge on any atom is 0.0640 e. The third-order valence-corrected chi connectivity index (χ3v) is 7.21. The number of aryl methyl sites for hydroxylation is 6. The van der Waals surface area contributed by atoms with E-state index in [2.05, 4.69) is 103 Å². The fourth-order valence-electron chi connectivity index (χ4n) is 4.38. The van der Waals surface area contributed by atoms with Gasteiger partial charge in [-0.2, -0.15) is 0 Å². The van der Waals surface area contributed by atoms with E-state index in [0.29, 0.717) is 0 Å². The molecule has 0 heterocycles. The standard InChI is InChI=1S/C21H20ClN.C15H17N/c1-16-11-12-18(14-13-17-7-3-2-4-8-17)15-21(16)23-20-10-6-5-9-19(20)22;1-12-7-8-14(11-15(12)16)10-9-13-5-3-2-4-6-13/h2-12,15,23H,13-14H2,1H3;2-8,11H,9-10,16H2,1H3. The second-order valence-electron chi connectivity index (χ2n) is 9.92. The average molecular weight is 533 g/mol. The number of nitrogens with one attached hydrogen (secondary N) is 1. The Kier molecular flexibility index (Phi) is 10.2. The molecule has 0 atom stereocenters. The maximum atomic E-state index is 6.24. The summed E-state index contributed by atoms with van der Waals surface area (Å²) in [5, 5.41) is 4.18. The summed E-state index contributed by atoms with van der Waals surface area (Å²) in [6.07, 6.45) is 4.20. The molecule has 0 aliphatic heterocycles. The smallest absolute Gasteiger partial charge is 0.0640 e. The lowest BCUT2D eigenvalue weighted by molar-refractivity contribution is 0.960. The van der Waals surface area contributed by atoms with E-state index in [4.69, 9.17) is 17.3 Å². The van der Waals surface area contributed by atoms with Crippen LogP contribution >= 0.6 is 11.6 Å². The molecule has 5 aromatic carbocycles. The largest absolute Gasteiger partial charge is 0.399 e. The Bertz CT molecular complexity index is 1460. The molecule has 0 saturated carbocycles. The number of benzene rings is 5. The van der Waals surface area contributed by atoms with Crippen LogP contribution in [0.1, 0.15) is 33.4 Å². The van der Waals surface area contributed by atoms with Crippen LogP contribution in [0, 0.1) is 13.8 Å². The number of nitrogen functional groups attached to an aromatic ring is 1. The SMILES string of the molecule is Cc1ccc(CCc2ccccc2)cc1N.Cc1ccc(CCc2ccccc2)cc1Nc1ccccc1Cl. The van der Waals surface area contributed by atoms with Crippen molar-refractivity contribution in [2.24, 2.45) is 0 Å². The molecule has 2 nitrogen and oxygen atoms in total. The summed E-state index contributed by atoms with van der Waals surface area (Å²) >= 11 is 6.24. The molecular weight excluding hydrogens is 496 g/mol. The van der Waals surface area contributed by atoms with Crippen LogP contribution in [-0.2, 0) is 25.7 Å². The normalized spacial score (nSPS) is 10.4. The van der Waals surface area contributed by atoms with E-state index in [-0.39, 0.29) is 0 Å². The molecule has 0 fully saturated rings. The molecule has 5 rings (SSSR count). The molecule has 0 spiro atoms. The molecular formula is C36H37ClN2. The van der Waals surface area contributed by atoms with Crippen LogP contribution in [0.2, 0.25) is 5.02 Å². The number of halogens is 1. The zero-order valence-corrected chi connectivity index (χ0v) is 23.6. The molecule has 0 unspecified atom stereocenters. The highest BCUT2D eigenvalue weighted by Gasteiger charge is 2.05. The zero-order valence-electron chi connectivity index (χ0n) is 22.8. The van der Waals surface area contributed by atoms with E-state index in [0.717, 1.165) is 53.3 Å². The van der Waals surface area contributed by atoms with Gasteiger partial charge in [0.1, 0.15) is 0 Å². The number of anilines is 3. The van der Waals surface area contributed by atoms with Gasteiger partial charge < -0.3 is 11.1 Å². The van der Waals surface area contributed by atoms with Crippen LogP contribution in [0.4, 0.5) is 17.1 Å². The number of para-hydroxylation sites is 1. The molecule has 0 aliphatic rings. The fraction of sp³-hybridized carbons (Fsp3) is 0.167. The second kappa shape index (κ2) is 14.2. The van der Waals surface area contributed by atoms with E-state index in [1.807, 2.05) is 37.3 Å². The van der Waals surface area contributed by atoms with Gasteiger partial charge in [-0.3, -0.25) is 0 Å². The minimum absolute atomic E-state index is 0.738. The number of hydrogen-bond donors (Lipinski definition) is 2. The lowest BCUT2D eigenvalue weighted by Crippen LogP contribution is -1.97. The van der Waals surface area contributed by atoms with Gasteiger partial charge in [-0.1, -0.05) is 109 Å². The van der Waals surface area contributed by atoms with Gasteiger partial charge in [0, 0.05) is 11.4 Å². The molecule has 39 heavy (non-hydrogen) atoms. The summed E-state index contributed by atoms with van der Waals surface area (Å²) in [4.78, 5) is 0. The first-order valence-corrected chi connectivity index (χ1v) is 13.9. The Hall–Kier alpha value is -4.01. The van der Waals surface area contributed by atoms with Gasteiger partial charge in [0.05, 0.1) is 10.7 Å². The van der Waals surface area contributed by atoms with Crippen LogP contribution in [-0.4, -0.2) is 0 Å².